The second kappa shape index (κ2) is 4.47. The van der Waals surface area contributed by atoms with Crippen molar-refractivity contribution in [1.29, 1.82) is 0 Å². The number of nitrogens with zero attached hydrogens (tertiary/aromatic N) is 5. The number of oxime groups is 1. The zero-order chi connectivity index (χ0) is 12.3. The summed E-state index contributed by atoms with van der Waals surface area (Å²) in [5.74, 6) is 0.0815. The zero-order valence-electron chi connectivity index (χ0n) is 8.98. The van der Waals surface area contributed by atoms with Crippen LogP contribution >= 0.6 is 0 Å². The maximum Gasteiger partial charge on any atom is 0.342 e. The first-order valence-electron chi connectivity index (χ1n) is 4.67. The molecule has 88 valence electrons. The van der Waals surface area contributed by atoms with Crippen molar-refractivity contribution < 1.29 is 9.94 Å². The summed E-state index contributed by atoms with van der Waals surface area (Å²) in [6.07, 6.45) is 3.01. The smallest absolute Gasteiger partial charge is 0.342 e. The lowest BCUT2D eigenvalue weighted by Crippen LogP contribution is -2.14. The molecule has 17 heavy (non-hydrogen) atoms. The van der Waals surface area contributed by atoms with E-state index in [9.17, 15) is 0 Å². The minimum Gasteiger partial charge on any atom is -0.409 e. The topological polar surface area (TPSA) is 111 Å². The lowest BCUT2D eigenvalue weighted by Gasteiger charge is -2.04. The predicted molar refractivity (Wildman–Crippen MR) is 57.8 cm³/mol. The van der Waals surface area contributed by atoms with Crippen LogP contribution in [0, 0.1) is 0 Å². The van der Waals surface area contributed by atoms with Gasteiger partial charge in [0.25, 0.3) is 0 Å². The van der Waals surface area contributed by atoms with Crippen molar-refractivity contribution in [2.45, 2.75) is 0 Å². The first kappa shape index (κ1) is 10.9. The Bertz CT molecular complexity index is 550. The van der Waals surface area contributed by atoms with Crippen LogP contribution in [-0.2, 0) is 7.05 Å². The van der Waals surface area contributed by atoms with Gasteiger partial charge in [0.2, 0.25) is 5.88 Å². The number of aryl methyl sites for hydroxylation is 1. The van der Waals surface area contributed by atoms with Gasteiger partial charge in [0.1, 0.15) is 6.33 Å². The van der Waals surface area contributed by atoms with Gasteiger partial charge in [-0.3, -0.25) is 4.68 Å². The van der Waals surface area contributed by atoms with E-state index < -0.39 is 0 Å². The molecule has 2 heterocycles. The van der Waals surface area contributed by atoms with Gasteiger partial charge in [-0.2, -0.15) is 4.98 Å². The highest BCUT2D eigenvalue weighted by molar-refractivity contribution is 5.99. The molecule has 2 aromatic heterocycles. The van der Waals surface area contributed by atoms with Gasteiger partial charge in [0, 0.05) is 13.2 Å². The molecule has 0 fully saturated rings. The Morgan fingerprint density at radius 3 is 3.00 bits per heavy atom. The van der Waals surface area contributed by atoms with E-state index in [1.54, 1.807) is 19.2 Å². The summed E-state index contributed by atoms with van der Waals surface area (Å²) in [5.41, 5.74) is 5.85. The van der Waals surface area contributed by atoms with Crippen LogP contribution in [0.1, 0.15) is 5.56 Å². The number of hydrogen-bond donors (Lipinski definition) is 2. The van der Waals surface area contributed by atoms with E-state index in [2.05, 4.69) is 20.2 Å². The average molecular weight is 234 g/mol. The number of nitrogens with two attached hydrogens (primary N) is 1. The molecule has 2 aromatic rings. The van der Waals surface area contributed by atoms with Crippen LogP contribution in [0.4, 0.5) is 0 Å². The second-order valence-electron chi connectivity index (χ2n) is 3.14. The fraction of sp³-hybridized carbons (Fsp3) is 0.111. The monoisotopic (exact) mass is 234 g/mol. The minimum atomic E-state index is -0.0935. The molecule has 0 bridgehead atoms. The number of pyridine rings is 1. The maximum atomic E-state index is 8.63. The van der Waals surface area contributed by atoms with Crippen LogP contribution in [0.25, 0.3) is 0 Å². The first-order chi connectivity index (χ1) is 8.20. The van der Waals surface area contributed by atoms with Crippen LogP contribution in [0.5, 0.6) is 11.9 Å². The van der Waals surface area contributed by atoms with Gasteiger partial charge < -0.3 is 15.7 Å². The number of aromatic nitrogens is 4. The Morgan fingerprint density at radius 1 is 1.53 bits per heavy atom. The van der Waals surface area contributed by atoms with Gasteiger partial charge in [-0.1, -0.05) is 5.16 Å². The van der Waals surface area contributed by atoms with Gasteiger partial charge in [0.15, 0.2) is 5.84 Å². The standard InChI is InChI=1S/C9H10N6O2/c1-15-5-12-9(13-15)17-8-6(7(10)14-16)3-2-4-11-8/h2-5,16H,1H3,(H2,10,14). The van der Waals surface area contributed by atoms with E-state index in [0.29, 0.717) is 5.56 Å². The molecule has 0 aliphatic carbocycles. The van der Waals surface area contributed by atoms with E-state index in [1.807, 2.05) is 0 Å². The number of hydrogen-bond acceptors (Lipinski definition) is 6. The molecule has 2 rings (SSSR count). The Morgan fingerprint density at radius 2 is 2.35 bits per heavy atom. The van der Waals surface area contributed by atoms with Gasteiger partial charge in [-0.25, -0.2) is 4.98 Å². The summed E-state index contributed by atoms with van der Waals surface area (Å²) in [5, 5.41) is 15.5. The highest BCUT2D eigenvalue weighted by Crippen LogP contribution is 2.18. The number of ether oxygens (including phenoxy) is 1. The fourth-order valence-electron chi connectivity index (χ4n) is 1.17. The van der Waals surface area contributed by atoms with Crippen LogP contribution in [0.15, 0.2) is 29.8 Å². The van der Waals surface area contributed by atoms with Gasteiger partial charge >= 0.3 is 6.01 Å². The van der Waals surface area contributed by atoms with E-state index >= 15 is 0 Å². The molecule has 3 N–H and O–H groups in total. The molecule has 0 aromatic carbocycles. The van der Waals surface area contributed by atoms with E-state index in [4.69, 9.17) is 15.7 Å². The molecule has 8 nitrogen and oxygen atoms in total. The van der Waals surface area contributed by atoms with Crippen molar-refractivity contribution in [3.63, 3.8) is 0 Å². The molecule has 0 spiro atoms. The van der Waals surface area contributed by atoms with Crippen LogP contribution in [-0.4, -0.2) is 30.8 Å². The lowest BCUT2D eigenvalue weighted by atomic mass is 10.2. The highest BCUT2D eigenvalue weighted by Gasteiger charge is 2.11. The molecule has 0 amide bonds. The van der Waals surface area contributed by atoms with E-state index in [0.717, 1.165) is 0 Å². The summed E-state index contributed by atoms with van der Waals surface area (Å²) in [7, 11) is 1.71. The van der Waals surface area contributed by atoms with Crippen molar-refractivity contribution in [2.75, 3.05) is 0 Å². The molecule has 0 unspecified atom stereocenters. The van der Waals surface area contributed by atoms with Gasteiger partial charge in [-0.15, -0.1) is 5.10 Å². The zero-order valence-corrected chi connectivity index (χ0v) is 8.98. The molecule has 0 saturated heterocycles. The number of rotatable bonds is 3. The van der Waals surface area contributed by atoms with Crippen molar-refractivity contribution >= 4 is 5.84 Å². The van der Waals surface area contributed by atoms with Crippen LogP contribution in [0.3, 0.4) is 0 Å². The van der Waals surface area contributed by atoms with Crippen molar-refractivity contribution in [3.8, 4) is 11.9 Å². The highest BCUT2D eigenvalue weighted by atomic mass is 16.5. The molecule has 0 atom stereocenters. The SMILES string of the molecule is Cn1cnc(Oc2ncccc2/C(N)=N/O)n1. The molecule has 0 aliphatic heterocycles. The minimum absolute atomic E-state index is 0.0935. The first-order valence-corrected chi connectivity index (χ1v) is 4.67. The summed E-state index contributed by atoms with van der Waals surface area (Å²) in [6.45, 7) is 0. The summed E-state index contributed by atoms with van der Waals surface area (Å²) in [6, 6.07) is 3.39. The van der Waals surface area contributed by atoms with Gasteiger partial charge in [-0.05, 0) is 12.1 Å². The Balaban J connectivity index is 2.32. The lowest BCUT2D eigenvalue weighted by molar-refractivity contribution is 0.318. The largest absolute Gasteiger partial charge is 0.409 e. The average Bonchev–Trinajstić information content (AvgIpc) is 2.74. The Labute approximate surface area is 96.4 Å². The molecule has 0 saturated carbocycles. The fourth-order valence-corrected chi connectivity index (χ4v) is 1.17. The van der Waals surface area contributed by atoms with E-state index in [1.165, 1.54) is 17.2 Å². The molecular formula is C9H10N6O2. The second-order valence-corrected chi connectivity index (χ2v) is 3.14. The van der Waals surface area contributed by atoms with Crippen molar-refractivity contribution in [3.05, 3.63) is 30.2 Å². The molecular weight excluding hydrogens is 224 g/mol. The molecule has 8 heteroatoms. The molecule has 0 radical (unpaired) electrons. The van der Waals surface area contributed by atoms with Crippen molar-refractivity contribution in [2.24, 2.45) is 17.9 Å². The predicted octanol–water partition coefficient (Wildman–Crippen LogP) is 0.0969. The number of amidine groups is 1. The summed E-state index contributed by atoms with van der Waals surface area (Å²) < 4.78 is 6.81. The van der Waals surface area contributed by atoms with E-state index in [-0.39, 0.29) is 17.7 Å². The summed E-state index contributed by atoms with van der Waals surface area (Å²) in [4.78, 5) is 7.85. The third kappa shape index (κ3) is 2.30. The van der Waals surface area contributed by atoms with Crippen LogP contribution in [0.2, 0.25) is 0 Å². The Kier molecular flexibility index (Phi) is 2.86. The third-order valence-electron chi connectivity index (χ3n) is 1.92. The quantitative estimate of drug-likeness (QED) is 0.337. The third-order valence-corrected chi connectivity index (χ3v) is 1.92. The maximum absolute atomic E-state index is 8.63. The summed E-state index contributed by atoms with van der Waals surface area (Å²) >= 11 is 0. The van der Waals surface area contributed by atoms with Crippen molar-refractivity contribution in [1.82, 2.24) is 19.7 Å². The van der Waals surface area contributed by atoms with Crippen LogP contribution < -0.4 is 10.5 Å². The van der Waals surface area contributed by atoms with Gasteiger partial charge in [0.05, 0.1) is 5.56 Å². The normalized spacial score (nSPS) is 11.5. The Hall–Kier alpha value is -2.64. The molecule has 0 aliphatic rings.